The molecular formula is C29H27FN6O. The third-order valence-electron chi connectivity index (χ3n) is 6.91. The number of hydrogen-bond donors (Lipinski definition) is 2. The Balaban J connectivity index is 1.38. The fourth-order valence-electron chi connectivity index (χ4n) is 5.02. The highest BCUT2D eigenvalue weighted by molar-refractivity contribution is 5.91. The minimum atomic E-state index is -0.292. The van der Waals surface area contributed by atoms with Gasteiger partial charge in [-0.05, 0) is 72.0 Å². The van der Waals surface area contributed by atoms with Crippen LogP contribution in [0, 0.1) is 5.82 Å². The van der Waals surface area contributed by atoms with Gasteiger partial charge in [-0.1, -0.05) is 31.0 Å². The first-order valence-electron chi connectivity index (χ1n) is 12.5. The molecule has 1 saturated carbocycles. The number of imidazole rings is 1. The molecule has 2 aromatic heterocycles. The van der Waals surface area contributed by atoms with Crippen LogP contribution in [0.4, 0.5) is 14.9 Å². The number of fused-ring (bicyclic) bond motifs is 1. The number of nitrogens with one attached hydrogen (secondary N) is 2. The summed E-state index contributed by atoms with van der Waals surface area (Å²) in [5, 5.41) is 10.3. The van der Waals surface area contributed by atoms with Gasteiger partial charge in [-0.25, -0.2) is 14.2 Å². The van der Waals surface area contributed by atoms with Gasteiger partial charge in [-0.2, -0.15) is 5.10 Å². The molecule has 7 nitrogen and oxygen atoms in total. The van der Waals surface area contributed by atoms with Gasteiger partial charge in [0.25, 0.3) is 0 Å². The molecule has 1 fully saturated rings. The maximum absolute atomic E-state index is 13.6. The van der Waals surface area contributed by atoms with Gasteiger partial charge in [0.2, 0.25) is 0 Å². The number of aromatic nitrogens is 4. The molecule has 1 aliphatic carbocycles. The quantitative estimate of drug-likeness (QED) is 0.301. The van der Waals surface area contributed by atoms with Crippen LogP contribution < -0.4 is 10.6 Å². The Morgan fingerprint density at radius 3 is 2.49 bits per heavy atom. The third-order valence-corrected chi connectivity index (χ3v) is 6.91. The van der Waals surface area contributed by atoms with Gasteiger partial charge in [-0.3, -0.25) is 9.25 Å². The lowest BCUT2D eigenvalue weighted by atomic mass is 10.0. The second-order valence-electron chi connectivity index (χ2n) is 9.58. The molecular weight excluding hydrogens is 467 g/mol. The van der Waals surface area contributed by atoms with E-state index < -0.39 is 0 Å². The van der Waals surface area contributed by atoms with E-state index in [0.717, 1.165) is 64.7 Å². The number of benzene rings is 3. The fraction of sp³-hybridized carbons (Fsp3) is 0.207. The van der Waals surface area contributed by atoms with E-state index in [0.29, 0.717) is 5.69 Å². The number of carbonyl (C=O) groups is 1. The van der Waals surface area contributed by atoms with Crippen molar-refractivity contribution in [3.8, 4) is 27.9 Å². The van der Waals surface area contributed by atoms with Crippen molar-refractivity contribution in [2.24, 2.45) is 7.05 Å². The number of urea groups is 1. The van der Waals surface area contributed by atoms with Crippen LogP contribution in [-0.4, -0.2) is 31.4 Å². The number of carbonyl (C=O) groups excluding carboxylic acids is 1. The summed E-state index contributed by atoms with van der Waals surface area (Å²) >= 11 is 0. The van der Waals surface area contributed by atoms with E-state index in [1.807, 2.05) is 54.3 Å². The number of aryl methyl sites for hydroxylation is 1. The molecule has 186 valence electrons. The summed E-state index contributed by atoms with van der Waals surface area (Å²) in [4.78, 5) is 17.4. The Kier molecular flexibility index (Phi) is 5.92. The van der Waals surface area contributed by atoms with E-state index in [9.17, 15) is 9.18 Å². The molecule has 0 spiro atoms. The number of anilines is 1. The molecule has 0 unspecified atom stereocenters. The second kappa shape index (κ2) is 9.54. The van der Waals surface area contributed by atoms with Crippen LogP contribution >= 0.6 is 0 Å². The van der Waals surface area contributed by atoms with Crippen LogP contribution in [0.2, 0.25) is 0 Å². The van der Waals surface area contributed by atoms with Crippen molar-refractivity contribution >= 4 is 22.8 Å². The number of rotatable bonds is 5. The van der Waals surface area contributed by atoms with Crippen molar-refractivity contribution in [2.75, 3.05) is 5.32 Å². The number of hydrogen-bond acceptors (Lipinski definition) is 3. The zero-order valence-corrected chi connectivity index (χ0v) is 20.5. The van der Waals surface area contributed by atoms with Gasteiger partial charge in [0.1, 0.15) is 12.1 Å². The summed E-state index contributed by atoms with van der Waals surface area (Å²) in [6, 6.07) is 18.3. The van der Waals surface area contributed by atoms with Crippen molar-refractivity contribution in [3.05, 3.63) is 85.2 Å². The molecule has 6 rings (SSSR count). The average molecular weight is 495 g/mol. The lowest BCUT2D eigenvalue weighted by Gasteiger charge is -2.15. The fourth-order valence-corrected chi connectivity index (χ4v) is 5.02. The van der Waals surface area contributed by atoms with Crippen LogP contribution in [0.1, 0.15) is 25.7 Å². The molecule has 0 aliphatic heterocycles. The molecule has 0 radical (unpaired) electrons. The normalized spacial score (nSPS) is 13.8. The lowest BCUT2D eigenvalue weighted by molar-refractivity contribution is 0.248. The highest BCUT2D eigenvalue weighted by Crippen LogP contribution is 2.30. The van der Waals surface area contributed by atoms with Crippen molar-refractivity contribution < 1.29 is 9.18 Å². The summed E-state index contributed by atoms with van der Waals surface area (Å²) in [6.45, 7) is 0. The Morgan fingerprint density at radius 1 is 0.946 bits per heavy atom. The summed E-state index contributed by atoms with van der Waals surface area (Å²) < 4.78 is 17.4. The molecule has 2 amide bonds. The summed E-state index contributed by atoms with van der Waals surface area (Å²) in [5.41, 5.74) is 7.06. The minimum absolute atomic E-state index is 0.214. The summed E-state index contributed by atoms with van der Waals surface area (Å²) in [5.74, 6) is -0.292. The monoisotopic (exact) mass is 494 g/mol. The molecule has 0 saturated heterocycles. The zero-order valence-electron chi connectivity index (χ0n) is 20.5. The average Bonchev–Trinajstić information content (AvgIpc) is 3.65. The first kappa shape index (κ1) is 23.0. The predicted octanol–water partition coefficient (Wildman–Crippen LogP) is 6.30. The predicted molar refractivity (Wildman–Crippen MR) is 143 cm³/mol. The van der Waals surface area contributed by atoms with Gasteiger partial charge < -0.3 is 10.6 Å². The molecule has 2 heterocycles. The van der Waals surface area contributed by atoms with E-state index in [-0.39, 0.29) is 17.9 Å². The van der Waals surface area contributed by atoms with Gasteiger partial charge in [-0.15, -0.1) is 0 Å². The summed E-state index contributed by atoms with van der Waals surface area (Å²) in [6.07, 6.45) is 9.89. The van der Waals surface area contributed by atoms with E-state index in [1.54, 1.807) is 23.1 Å². The molecule has 0 bridgehead atoms. The second-order valence-corrected chi connectivity index (χ2v) is 9.58. The van der Waals surface area contributed by atoms with Crippen molar-refractivity contribution in [1.82, 2.24) is 24.6 Å². The van der Waals surface area contributed by atoms with Crippen molar-refractivity contribution in [3.63, 3.8) is 0 Å². The largest absolute Gasteiger partial charge is 0.335 e. The number of amides is 2. The Hall–Kier alpha value is -4.46. The maximum atomic E-state index is 13.6. The molecule has 0 atom stereocenters. The topological polar surface area (TPSA) is 76.8 Å². The standard InChI is InChI=1S/C29H27FN6O/c1-35-17-22(16-32-35)20-8-11-28-27(14-20)31-18-36(28)26-13-21(19-6-9-23(30)10-7-19)12-25(15-26)34-29(37)33-24-4-2-3-5-24/h6-18,24H,2-5H2,1H3,(H2,33,34,37). The van der Waals surface area contributed by atoms with E-state index >= 15 is 0 Å². The molecule has 8 heteroatoms. The van der Waals surface area contributed by atoms with Gasteiger partial charge >= 0.3 is 6.03 Å². The SMILES string of the molecule is Cn1cc(-c2ccc3c(c2)ncn3-c2cc(NC(=O)NC3CCCC3)cc(-c3ccc(F)cc3)c2)cn1. The van der Waals surface area contributed by atoms with Crippen LogP contribution in [-0.2, 0) is 7.05 Å². The zero-order chi connectivity index (χ0) is 25.4. The van der Waals surface area contributed by atoms with Gasteiger partial charge in [0.15, 0.2) is 0 Å². The molecule has 5 aromatic rings. The minimum Gasteiger partial charge on any atom is -0.335 e. The Morgan fingerprint density at radius 2 is 1.73 bits per heavy atom. The van der Waals surface area contributed by atoms with Gasteiger partial charge in [0, 0.05) is 36.2 Å². The summed E-state index contributed by atoms with van der Waals surface area (Å²) in [7, 11) is 1.89. The highest BCUT2D eigenvalue weighted by atomic mass is 19.1. The van der Waals surface area contributed by atoms with Crippen LogP contribution in [0.15, 0.2) is 79.4 Å². The van der Waals surface area contributed by atoms with Crippen LogP contribution in [0.25, 0.3) is 39.0 Å². The van der Waals surface area contributed by atoms with Gasteiger partial charge in [0.05, 0.1) is 17.2 Å². The van der Waals surface area contributed by atoms with E-state index in [4.69, 9.17) is 0 Å². The number of nitrogens with zero attached hydrogens (tertiary/aromatic N) is 4. The molecule has 37 heavy (non-hydrogen) atoms. The first-order valence-corrected chi connectivity index (χ1v) is 12.5. The lowest BCUT2D eigenvalue weighted by Crippen LogP contribution is -2.36. The van der Waals surface area contributed by atoms with Crippen molar-refractivity contribution in [1.29, 1.82) is 0 Å². The molecule has 1 aliphatic rings. The number of halogens is 1. The van der Waals surface area contributed by atoms with Crippen LogP contribution in [0.3, 0.4) is 0 Å². The van der Waals surface area contributed by atoms with E-state index in [1.165, 1.54) is 12.1 Å². The van der Waals surface area contributed by atoms with Crippen molar-refractivity contribution in [2.45, 2.75) is 31.7 Å². The first-order chi connectivity index (χ1) is 18.0. The maximum Gasteiger partial charge on any atom is 0.319 e. The molecule has 2 N–H and O–H groups in total. The van der Waals surface area contributed by atoms with Crippen LogP contribution in [0.5, 0.6) is 0 Å². The third kappa shape index (κ3) is 4.82. The Labute approximate surface area is 214 Å². The molecule has 3 aromatic carbocycles. The smallest absolute Gasteiger partial charge is 0.319 e. The highest BCUT2D eigenvalue weighted by Gasteiger charge is 2.18. The van der Waals surface area contributed by atoms with E-state index in [2.05, 4.69) is 26.8 Å². The Bertz CT molecular complexity index is 1580.